The Balaban J connectivity index is 2.03. The molecule has 0 aliphatic carbocycles. The van der Waals surface area contributed by atoms with Crippen molar-refractivity contribution in [2.45, 2.75) is 17.9 Å². The van der Waals surface area contributed by atoms with E-state index in [1.54, 1.807) is 19.0 Å². The van der Waals surface area contributed by atoms with Crippen LogP contribution in [-0.4, -0.2) is 50.0 Å². The third kappa shape index (κ3) is 5.31. The molecule has 1 aromatic heterocycles. The lowest BCUT2D eigenvalue weighted by Gasteiger charge is -2.15. The number of carbonyl (C=O) groups excluding carboxylic acids is 1. The second-order valence-corrected chi connectivity index (χ2v) is 7.37. The minimum Gasteiger partial charge on any atom is -0.453 e. The summed E-state index contributed by atoms with van der Waals surface area (Å²) in [5, 5.41) is 0. The highest BCUT2D eigenvalue weighted by atomic mass is 32.2. The first-order valence-corrected chi connectivity index (χ1v) is 9.21. The number of hydrogen-bond acceptors (Lipinski definition) is 9. The molecule has 2 rings (SSSR count). The fourth-order valence-electron chi connectivity index (χ4n) is 1.96. The molecule has 0 radical (unpaired) electrons. The lowest BCUT2D eigenvalue weighted by Crippen LogP contribution is -2.32. The maximum absolute atomic E-state index is 13.6. The average molecular weight is 398 g/mol. The van der Waals surface area contributed by atoms with Crippen molar-refractivity contribution in [3.63, 3.8) is 0 Å². The number of nitrogens with zero attached hydrogens (tertiary/aromatic N) is 4. The summed E-state index contributed by atoms with van der Waals surface area (Å²) in [6.45, 7) is 0.805. The third-order valence-electron chi connectivity index (χ3n) is 3.26. The van der Waals surface area contributed by atoms with E-state index in [9.17, 15) is 17.6 Å². The van der Waals surface area contributed by atoms with Crippen LogP contribution in [0.1, 0.15) is 18.9 Å². The van der Waals surface area contributed by atoms with Crippen LogP contribution in [0.5, 0.6) is 0 Å². The number of rotatable bonds is 7. The standard InChI is InChI=1S/C15H19FN6O4S/c1-9(13-19-14(17)21-15(20-13)22(2)3)26-12(23)8-18-27(24,25)11-7-5-4-6-10(11)16/h4-7,9,18H,8H2,1-3H3,(H2,17,19,20,21)/t9-/m1/s1. The number of nitrogens with two attached hydrogens (primary N) is 1. The molecule has 0 aliphatic rings. The first kappa shape index (κ1) is 20.5. The van der Waals surface area contributed by atoms with Gasteiger partial charge in [0.2, 0.25) is 21.9 Å². The summed E-state index contributed by atoms with van der Waals surface area (Å²) in [5.74, 6) is -1.49. The lowest BCUT2D eigenvalue weighted by molar-refractivity contribution is -0.147. The van der Waals surface area contributed by atoms with Gasteiger partial charge in [-0.25, -0.2) is 12.8 Å². The van der Waals surface area contributed by atoms with E-state index in [1.807, 2.05) is 4.72 Å². The van der Waals surface area contributed by atoms with E-state index < -0.39 is 39.4 Å². The van der Waals surface area contributed by atoms with E-state index in [-0.39, 0.29) is 17.7 Å². The van der Waals surface area contributed by atoms with Crippen LogP contribution in [0.2, 0.25) is 0 Å². The second kappa shape index (κ2) is 8.22. The maximum atomic E-state index is 13.6. The summed E-state index contributed by atoms with van der Waals surface area (Å²) in [4.78, 5) is 24.9. The Bertz CT molecular complexity index is 938. The number of halogens is 1. The smallest absolute Gasteiger partial charge is 0.321 e. The Labute approximate surface area is 155 Å². The highest BCUT2D eigenvalue weighted by Gasteiger charge is 2.22. The van der Waals surface area contributed by atoms with Crippen molar-refractivity contribution in [2.24, 2.45) is 0 Å². The van der Waals surface area contributed by atoms with Gasteiger partial charge < -0.3 is 15.4 Å². The summed E-state index contributed by atoms with van der Waals surface area (Å²) in [6.07, 6.45) is -0.903. The maximum Gasteiger partial charge on any atom is 0.321 e. The Hall–Kier alpha value is -2.86. The molecule has 0 saturated carbocycles. The highest BCUT2D eigenvalue weighted by molar-refractivity contribution is 7.89. The number of nitrogen functional groups attached to an aromatic ring is 1. The Morgan fingerprint density at radius 3 is 2.59 bits per heavy atom. The number of ether oxygens (including phenoxy) is 1. The van der Waals surface area contributed by atoms with Crippen LogP contribution in [0, 0.1) is 5.82 Å². The number of nitrogens with one attached hydrogen (secondary N) is 1. The van der Waals surface area contributed by atoms with E-state index >= 15 is 0 Å². The number of aromatic nitrogens is 3. The molecule has 0 unspecified atom stereocenters. The van der Waals surface area contributed by atoms with Crippen molar-refractivity contribution in [3.8, 4) is 0 Å². The summed E-state index contributed by atoms with van der Waals surface area (Å²) in [7, 11) is -0.803. The molecule has 2 aromatic rings. The highest BCUT2D eigenvalue weighted by Crippen LogP contribution is 2.16. The zero-order chi connectivity index (χ0) is 20.2. The number of hydrogen-bond donors (Lipinski definition) is 2. The Morgan fingerprint density at radius 2 is 1.96 bits per heavy atom. The van der Waals surface area contributed by atoms with E-state index in [0.29, 0.717) is 0 Å². The third-order valence-corrected chi connectivity index (χ3v) is 4.70. The van der Waals surface area contributed by atoms with Crippen molar-refractivity contribution in [1.82, 2.24) is 19.7 Å². The molecular formula is C15H19FN6O4S. The van der Waals surface area contributed by atoms with Gasteiger partial charge in [-0.3, -0.25) is 4.79 Å². The van der Waals surface area contributed by atoms with Crippen LogP contribution in [0.4, 0.5) is 16.3 Å². The van der Waals surface area contributed by atoms with Gasteiger partial charge >= 0.3 is 5.97 Å². The molecule has 1 aromatic carbocycles. The van der Waals surface area contributed by atoms with E-state index in [2.05, 4.69) is 15.0 Å². The van der Waals surface area contributed by atoms with E-state index in [4.69, 9.17) is 10.5 Å². The molecular weight excluding hydrogens is 379 g/mol. The van der Waals surface area contributed by atoms with Gasteiger partial charge in [-0.15, -0.1) is 0 Å². The minimum atomic E-state index is -4.20. The topological polar surface area (TPSA) is 140 Å². The largest absolute Gasteiger partial charge is 0.453 e. The quantitative estimate of drug-likeness (QED) is 0.628. The Kier molecular flexibility index (Phi) is 6.23. The first-order chi connectivity index (χ1) is 12.6. The second-order valence-electron chi connectivity index (χ2n) is 5.63. The van der Waals surface area contributed by atoms with Gasteiger partial charge in [-0.2, -0.15) is 19.7 Å². The van der Waals surface area contributed by atoms with Crippen LogP contribution in [0.15, 0.2) is 29.2 Å². The van der Waals surface area contributed by atoms with Crippen LogP contribution >= 0.6 is 0 Å². The molecule has 0 saturated heterocycles. The SMILES string of the molecule is C[C@@H](OC(=O)CNS(=O)(=O)c1ccccc1F)c1nc(N)nc(N(C)C)n1. The molecule has 10 nitrogen and oxygen atoms in total. The van der Waals surface area contributed by atoms with Gasteiger partial charge in [-0.1, -0.05) is 12.1 Å². The molecule has 0 bridgehead atoms. The molecule has 0 fully saturated rings. The van der Waals surface area contributed by atoms with Gasteiger partial charge in [0.15, 0.2) is 11.9 Å². The van der Waals surface area contributed by atoms with E-state index in [0.717, 1.165) is 12.1 Å². The fourth-order valence-corrected chi connectivity index (χ4v) is 3.01. The van der Waals surface area contributed by atoms with Gasteiger partial charge in [-0.05, 0) is 19.1 Å². The number of carbonyl (C=O) groups is 1. The van der Waals surface area contributed by atoms with Gasteiger partial charge in [0.1, 0.15) is 17.3 Å². The van der Waals surface area contributed by atoms with Crippen molar-refractivity contribution in [3.05, 3.63) is 35.9 Å². The number of sulfonamides is 1. The van der Waals surface area contributed by atoms with Gasteiger partial charge in [0.05, 0.1) is 0 Å². The predicted molar refractivity (Wildman–Crippen MR) is 94.7 cm³/mol. The molecule has 1 heterocycles. The van der Waals surface area contributed by atoms with Crippen LogP contribution in [0.25, 0.3) is 0 Å². The zero-order valence-electron chi connectivity index (χ0n) is 14.9. The Morgan fingerprint density at radius 1 is 1.30 bits per heavy atom. The van der Waals surface area contributed by atoms with Crippen LogP contribution in [-0.2, 0) is 19.6 Å². The molecule has 1 atom stereocenters. The summed E-state index contributed by atoms with van der Waals surface area (Å²) in [6, 6.07) is 4.81. The van der Waals surface area contributed by atoms with Crippen molar-refractivity contribution in [2.75, 3.05) is 31.3 Å². The first-order valence-electron chi connectivity index (χ1n) is 7.72. The normalized spacial score (nSPS) is 12.4. The van der Waals surface area contributed by atoms with Crippen LogP contribution < -0.4 is 15.4 Å². The summed E-state index contributed by atoms with van der Waals surface area (Å²) < 4.78 is 44.8. The van der Waals surface area contributed by atoms with Crippen molar-refractivity contribution < 1.29 is 22.3 Å². The molecule has 12 heteroatoms. The average Bonchev–Trinajstić information content (AvgIpc) is 2.59. The lowest BCUT2D eigenvalue weighted by atomic mass is 10.4. The van der Waals surface area contributed by atoms with Crippen molar-refractivity contribution >= 4 is 27.9 Å². The molecule has 0 amide bonds. The van der Waals surface area contributed by atoms with Crippen LogP contribution in [0.3, 0.4) is 0 Å². The molecule has 3 N–H and O–H groups in total. The summed E-state index contributed by atoms with van der Waals surface area (Å²) >= 11 is 0. The molecule has 27 heavy (non-hydrogen) atoms. The van der Waals surface area contributed by atoms with Gasteiger partial charge in [0.25, 0.3) is 0 Å². The summed E-state index contributed by atoms with van der Waals surface area (Å²) in [5.41, 5.74) is 5.60. The zero-order valence-corrected chi connectivity index (χ0v) is 15.7. The molecule has 0 spiro atoms. The van der Waals surface area contributed by atoms with Gasteiger partial charge in [0, 0.05) is 14.1 Å². The number of esters is 1. The molecule has 146 valence electrons. The number of benzene rings is 1. The number of anilines is 2. The minimum absolute atomic E-state index is 0.0492. The van der Waals surface area contributed by atoms with Crippen molar-refractivity contribution in [1.29, 1.82) is 0 Å². The predicted octanol–water partition coefficient (Wildman–Crippen LogP) is 0.242. The molecule has 0 aliphatic heterocycles. The monoisotopic (exact) mass is 398 g/mol. The fraction of sp³-hybridized carbons (Fsp3) is 0.333. The van der Waals surface area contributed by atoms with E-state index in [1.165, 1.54) is 19.1 Å².